The molecule has 0 aliphatic carbocycles. The van der Waals surface area contributed by atoms with Crippen molar-refractivity contribution in [1.29, 1.82) is 0 Å². The molecule has 0 atom stereocenters. The van der Waals surface area contributed by atoms with Gasteiger partial charge in [0.2, 0.25) is 11.8 Å². The number of aryl methyl sites for hydroxylation is 1. The smallest absolute Gasteiger partial charge is 0.319 e. The third-order valence-corrected chi connectivity index (χ3v) is 7.50. The zero-order valence-corrected chi connectivity index (χ0v) is 22.0. The van der Waals surface area contributed by atoms with Crippen LogP contribution < -0.4 is 15.4 Å². The molecule has 0 fully saturated rings. The fourth-order valence-corrected chi connectivity index (χ4v) is 5.25. The molecular formula is C28H25N5O5S. The topological polar surface area (TPSA) is 139 Å². The van der Waals surface area contributed by atoms with Crippen molar-refractivity contribution in [2.45, 2.75) is 25.3 Å². The van der Waals surface area contributed by atoms with E-state index in [2.05, 4.69) is 25.5 Å². The minimum atomic E-state index is -4.06. The number of oxazole rings is 1. The Bertz CT molecular complexity index is 1710. The molecular weight excluding hydrogens is 518 g/mol. The van der Waals surface area contributed by atoms with Gasteiger partial charge in [0.15, 0.2) is 0 Å². The van der Waals surface area contributed by atoms with E-state index in [1.807, 2.05) is 24.3 Å². The summed E-state index contributed by atoms with van der Waals surface area (Å²) in [5.41, 5.74) is 4.21. The van der Waals surface area contributed by atoms with Crippen molar-refractivity contribution < 1.29 is 22.2 Å². The lowest BCUT2D eigenvalue weighted by molar-refractivity contribution is 0.252. The molecule has 3 N–H and O–H groups in total. The minimum absolute atomic E-state index is 0.0392. The van der Waals surface area contributed by atoms with Gasteiger partial charge in [-0.05, 0) is 55.3 Å². The molecule has 0 unspecified atom stereocenters. The summed E-state index contributed by atoms with van der Waals surface area (Å²) >= 11 is 0. The Hall–Kier alpha value is -4.90. The van der Waals surface area contributed by atoms with Gasteiger partial charge in [-0.3, -0.25) is 0 Å². The Morgan fingerprint density at radius 2 is 1.72 bits per heavy atom. The SMILES string of the molecule is Cc1noc(NS(=O)(=O)c2ccccc2-c2ccc(-c3ncco3)cc2CNC(=O)Nc2ccccc2)c1C. The van der Waals surface area contributed by atoms with Gasteiger partial charge in [-0.25, -0.2) is 22.9 Å². The number of benzene rings is 3. The van der Waals surface area contributed by atoms with Crippen molar-refractivity contribution in [3.8, 4) is 22.6 Å². The average Bonchev–Trinajstić information content (AvgIpc) is 3.59. The predicted octanol–water partition coefficient (Wildman–Crippen LogP) is 5.74. The standard InChI is InChI=1S/C28H25N5O5S/c1-18-19(2)32-38-26(18)33-39(35,36)25-11-7-6-10-24(25)23-13-12-20(27-29-14-15-37-27)16-21(23)17-30-28(34)31-22-8-4-3-5-9-22/h3-16,33H,17H2,1-2H3,(H2,30,31,34). The molecule has 11 heteroatoms. The number of rotatable bonds is 8. The molecule has 0 saturated carbocycles. The zero-order chi connectivity index (χ0) is 27.4. The maximum absolute atomic E-state index is 13.5. The van der Waals surface area contributed by atoms with E-state index < -0.39 is 16.1 Å². The third-order valence-electron chi connectivity index (χ3n) is 6.11. The highest BCUT2D eigenvalue weighted by Crippen LogP contribution is 2.34. The van der Waals surface area contributed by atoms with Gasteiger partial charge in [0.05, 0.1) is 16.8 Å². The molecule has 2 aromatic heterocycles. The van der Waals surface area contributed by atoms with Crippen molar-refractivity contribution in [3.63, 3.8) is 0 Å². The van der Waals surface area contributed by atoms with Gasteiger partial charge in [0.1, 0.15) is 6.26 Å². The van der Waals surface area contributed by atoms with Crippen molar-refractivity contribution in [1.82, 2.24) is 15.5 Å². The van der Waals surface area contributed by atoms with E-state index in [1.165, 1.54) is 18.5 Å². The van der Waals surface area contributed by atoms with Crippen molar-refractivity contribution in [3.05, 3.63) is 102 Å². The van der Waals surface area contributed by atoms with Crippen LogP contribution in [0.25, 0.3) is 22.6 Å². The zero-order valence-electron chi connectivity index (χ0n) is 21.1. The summed E-state index contributed by atoms with van der Waals surface area (Å²) in [7, 11) is -4.06. The second-order valence-electron chi connectivity index (χ2n) is 8.71. The van der Waals surface area contributed by atoms with E-state index in [0.29, 0.717) is 45.1 Å². The fraction of sp³-hybridized carbons (Fsp3) is 0.107. The lowest BCUT2D eigenvalue weighted by atomic mass is 9.97. The highest BCUT2D eigenvalue weighted by atomic mass is 32.2. The van der Waals surface area contributed by atoms with E-state index in [-0.39, 0.29) is 17.3 Å². The van der Waals surface area contributed by atoms with Crippen LogP contribution in [-0.2, 0) is 16.6 Å². The van der Waals surface area contributed by atoms with E-state index in [0.717, 1.165) is 0 Å². The Morgan fingerprint density at radius 3 is 2.44 bits per heavy atom. The molecule has 39 heavy (non-hydrogen) atoms. The molecule has 0 aliphatic rings. The maximum Gasteiger partial charge on any atom is 0.319 e. The largest absolute Gasteiger partial charge is 0.445 e. The highest BCUT2D eigenvalue weighted by Gasteiger charge is 2.24. The number of carbonyl (C=O) groups is 1. The molecule has 0 bridgehead atoms. The Kier molecular flexibility index (Phi) is 7.15. The van der Waals surface area contributed by atoms with Crippen LogP contribution in [0.15, 0.2) is 99.1 Å². The summed E-state index contributed by atoms with van der Waals surface area (Å²) in [5, 5.41) is 9.46. The minimum Gasteiger partial charge on any atom is -0.445 e. The lowest BCUT2D eigenvalue weighted by Crippen LogP contribution is -2.28. The maximum atomic E-state index is 13.5. The summed E-state index contributed by atoms with van der Waals surface area (Å²) in [6.45, 7) is 3.55. The van der Waals surface area contributed by atoms with Crippen LogP contribution in [0.3, 0.4) is 0 Å². The fourth-order valence-electron chi connectivity index (χ4n) is 3.99. The molecule has 198 valence electrons. The third kappa shape index (κ3) is 5.68. The first-order valence-electron chi connectivity index (χ1n) is 12.0. The van der Waals surface area contributed by atoms with Crippen molar-refractivity contribution >= 4 is 27.6 Å². The van der Waals surface area contributed by atoms with Gasteiger partial charge in [-0.1, -0.05) is 47.6 Å². The number of aromatic nitrogens is 2. The van der Waals surface area contributed by atoms with Crippen LogP contribution in [0.1, 0.15) is 16.8 Å². The average molecular weight is 544 g/mol. The highest BCUT2D eigenvalue weighted by molar-refractivity contribution is 7.92. The summed E-state index contributed by atoms with van der Waals surface area (Å²) < 4.78 is 40.1. The van der Waals surface area contributed by atoms with E-state index in [1.54, 1.807) is 56.3 Å². The van der Waals surface area contributed by atoms with E-state index in [4.69, 9.17) is 8.94 Å². The first-order valence-corrected chi connectivity index (χ1v) is 13.5. The summed E-state index contributed by atoms with van der Waals surface area (Å²) in [6.07, 6.45) is 3.00. The summed E-state index contributed by atoms with van der Waals surface area (Å²) in [4.78, 5) is 16.9. The Labute approximate surface area is 225 Å². The van der Waals surface area contributed by atoms with Crippen LogP contribution in [0, 0.1) is 13.8 Å². The van der Waals surface area contributed by atoms with Crippen molar-refractivity contribution in [2.24, 2.45) is 0 Å². The molecule has 0 radical (unpaired) electrons. The number of nitrogens with zero attached hydrogens (tertiary/aromatic N) is 2. The number of anilines is 2. The number of hydrogen-bond donors (Lipinski definition) is 3. The number of urea groups is 1. The van der Waals surface area contributed by atoms with Gasteiger partial charge in [0.25, 0.3) is 10.0 Å². The van der Waals surface area contributed by atoms with Crippen LogP contribution in [0.5, 0.6) is 0 Å². The van der Waals surface area contributed by atoms with Gasteiger partial charge < -0.3 is 19.6 Å². The second kappa shape index (κ2) is 10.8. The molecule has 10 nitrogen and oxygen atoms in total. The van der Waals surface area contributed by atoms with E-state index >= 15 is 0 Å². The number of amides is 2. The van der Waals surface area contributed by atoms with Crippen LogP contribution >= 0.6 is 0 Å². The monoisotopic (exact) mass is 543 g/mol. The molecule has 2 amide bonds. The van der Waals surface area contributed by atoms with Crippen molar-refractivity contribution in [2.75, 3.05) is 10.0 Å². The Morgan fingerprint density at radius 1 is 0.949 bits per heavy atom. The molecule has 2 heterocycles. The molecule has 5 rings (SSSR count). The quantitative estimate of drug-likeness (QED) is 0.227. The summed E-state index contributed by atoms with van der Waals surface area (Å²) in [5.74, 6) is 0.455. The molecule has 3 aromatic carbocycles. The van der Waals surface area contributed by atoms with E-state index in [9.17, 15) is 13.2 Å². The number of para-hydroxylation sites is 1. The second-order valence-corrected chi connectivity index (χ2v) is 10.4. The molecule has 0 spiro atoms. The van der Waals surface area contributed by atoms with Gasteiger partial charge in [-0.2, -0.15) is 0 Å². The predicted molar refractivity (Wildman–Crippen MR) is 146 cm³/mol. The van der Waals surface area contributed by atoms with Gasteiger partial charge >= 0.3 is 6.03 Å². The van der Waals surface area contributed by atoms with Crippen LogP contribution in [-0.4, -0.2) is 24.6 Å². The normalized spacial score (nSPS) is 11.2. The number of carbonyl (C=O) groups excluding carboxylic acids is 1. The molecule has 0 saturated heterocycles. The first kappa shape index (κ1) is 25.7. The number of sulfonamides is 1. The molecule has 5 aromatic rings. The van der Waals surface area contributed by atoms with Gasteiger partial charge in [0, 0.05) is 28.9 Å². The number of nitrogens with one attached hydrogen (secondary N) is 3. The van der Waals surface area contributed by atoms with Gasteiger partial charge in [-0.15, -0.1) is 0 Å². The van der Waals surface area contributed by atoms with Crippen LogP contribution in [0.4, 0.5) is 16.4 Å². The van der Waals surface area contributed by atoms with Crippen LogP contribution in [0.2, 0.25) is 0 Å². The lowest BCUT2D eigenvalue weighted by Gasteiger charge is -2.16. The molecule has 0 aliphatic heterocycles. The first-order chi connectivity index (χ1) is 18.8. The summed E-state index contributed by atoms with van der Waals surface area (Å²) in [6, 6.07) is 20.6. The Balaban J connectivity index is 1.51. The number of hydrogen-bond acceptors (Lipinski definition) is 7.